The molecule has 0 radical (unpaired) electrons. The van der Waals surface area contributed by atoms with Crippen LogP contribution in [0.2, 0.25) is 4.34 Å². The molecule has 1 aromatic heterocycles. The average Bonchev–Trinajstić information content (AvgIpc) is 3.04. The summed E-state index contributed by atoms with van der Waals surface area (Å²) in [4.78, 5) is 2.40. The van der Waals surface area contributed by atoms with Crippen LogP contribution in [0.5, 0.6) is 0 Å². The van der Waals surface area contributed by atoms with Crippen molar-refractivity contribution in [3.8, 4) is 0 Å². The van der Waals surface area contributed by atoms with E-state index in [1.54, 1.807) is 0 Å². The van der Waals surface area contributed by atoms with Gasteiger partial charge in [0.05, 0.1) is 0 Å². The zero-order valence-corrected chi connectivity index (χ0v) is 10.7. The van der Waals surface area contributed by atoms with Crippen LogP contribution in [0, 0.1) is 0 Å². The van der Waals surface area contributed by atoms with Gasteiger partial charge in [0, 0.05) is 30.7 Å². The summed E-state index contributed by atoms with van der Waals surface area (Å²) in [5, 5.41) is 12.8. The third-order valence-electron chi connectivity index (χ3n) is 2.78. The van der Waals surface area contributed by atoms with Gasteiger partial charge in [-0.05, 0) is 32.2 Å². The first-order valence-corrected chi connectivity index (χ1v) is 6.78. The number of rotatable bonds is 7. The van der Waals surface area contributed by atoms with Gasteiger partial charge >= 0.3 is 0 Å². The summed E-state index contributed by atoms with van der Waals surface area (Å²) in [5.41, 5.74) is 0.891. The van der Waals surface area contributed by atoms with Gasteiger partial charge in [-0.25, -0.2) is 0 Å². The second kappa shape index (κ2) is 5.91. The second-order valence-electron chi connectivity index (χ2n) is 4.13. The standard InChI is InChI=1S/C10H16ClN3OS/c11-10-9(12-13-16-10)7-14(8-3-4-8)5-1-2-6-15/h8,15H,1-7H2. The third kappa shape index (κ3) is 3.38. The van der Waals surface area contributed by atoms with E-state index in [0.29, 0.717) is 10.4 Å². The summed E-state index contributed by atoms with van der Waals surface area (Å²) in [6.07, 6.45) is 4.44. The van der Waals surface area contributed by atoms with E-state index in [9.17, 15) is 0 Å². The van der Waals surface area contributed by atoms with E-state index in [-0.39, 0.29) is 6.61 Å². The first-order chi connectivity index (χ1) is 7.81. The van der Waals surface area contributed by atoms with E-state index in [1.165, 1.54) is 24.4 Å². The minimum atomic E-state index is 0.275. The van der Waals surface area contributed by atoms with Crippen molar-refractivity contribution >= 4 is 23.1 Å². The molecule has 0 amide bonds. The van der Waals surface area contributed by atoms with Gasteiger partial charge in [0.25, 0.3) is 0 Å². The van der Waals surface area contributed by atoms with Crippen molar-refractivity contribution < 1.29 is 5.11 Å². The molecule has 0 spiro atoms. The zero-order valence-electron chi connectivity index (χ0n) is 9.10. The highest BCUT2D eigenvalue weighted by Crippen LogP contribution is 2.30. The Morgan fingerprint density at radius 2 is 2.25 bits per heavy atom. The minimum absolute atomic E-state index is 0.275. The Labute approximate surface area is 104 Å². The molecule has 0 aliphatic heterocycles. The Hall–Kier alpha value is -0.230. The lowest BCUT2D eigenvalue weighted by atomic mass is 10.3. The Morgan fingerprint density at radius 3 is 2.81 bits per heavy atom. The molecule has 0 bridgehead atoms. The van der Waals surface area contributed by atoms with Crippen LogP contribution in [0.15, 0.2) is 0 Å². The minimum Gasteiger partial charge on any atom is -0.396 e. The lowest BCUT2D eigenvalue weighted by Crippen LogP contribution is -2.27. The topological polar surface area (TPSA) is 49.2 Å². The number of hydrogen-bond donors (Lipinski definition) is 1. The van der Waals surface area contributed by atoms with Crippen LogP contribution in [0.4, 0.5) is 0 Å². The maximum absolute atomic E-state index is 8.77. The van der Waals surface area contributed by atoms with Crippen LogP contribution in [-0.2, 0) is 6.54 Å². The first-order valence-electron chi connectivity index (χ1n) is 5.63. The molecule has 90 valence electrons. The number of aliphatic hydroxyl groups excluding tert-OH is 1. The molecule has 4 nitrogen and oxygen atoms in total. The molecule has 1 heterocycles. The van der Waals surface area contributed by atoms with Gasteiger partial charge in [-0.1, -0.05) is 16.1 Å². The molecule has 1 aliphatic carbocycles. The molecule has 0 aromatic carbocycles. The van der Waals surface area contributed by atoms with Gasteiger partial charge in [-0.3, -0.25) is 4.90 Å². The number of halogens is 1. The van der Waals surface area contributed by atoms with E-state index < -0.39 is 0 Å². The largest absolute Gasteiger partial charge is 0.396 e. The number of aromatic nitrogens is 2. The van der Waals surface area contributed by atoms with Crippen molar-refractivity contribution in [2.45, 2.75) is 38.3 Å². The molecule has 1 fully saturated rings. The molecule has 0 atom stereocenters. The molecule has 0 saturated heterocycles. The van der Waals surface area contributed by atoms with Gasteiger partial charge in [0.2, 0.25) is 0 Å². The lowest BCUT2D eigenvalue weighted by Gasteiger charge is -2.20. The maximum Gasteiger partial charge on any atom is 0.138 e. The maximum atomic E-state index is 8.77. The Morgan fingerprint density at radius 1 is 1.44 bits per heavy atom. The zero-order chi connectivity index (χ0) is 11.4. The predicted octanol–water partition coefficient (Wildman–Crippen LogP) is 1.93. The van der Waals surface area contributed by atoms with Crippen molar-refractivity contribution in [2.24, 2.45) is 0 Å². The van der Waals surface area contributed by atoms with Gasteiger partial charge in [-0.2, -0.15) is 0 Å². The summed E-state index contributed by atoms with van der Waals surface area (Å²) in [6, 6.07) is 0.691. The van der Waals surface area contributed by atoms with Gasteiger partial charge in [-0.15, -0.1) is 5.10 Å². The van der Waals surface area contributed by atoms with Gasteiger partial charge in [0.15, 0.2) is 0 Å². The van der Waals surface area contributed by atoms with Crippen LogP contribution in [-0.4, -0.2) is 38.8 Å². The summed E-state index contributed by atoms with van der Waals surface area (Å²) >= 11 is 7.24. The highest BCUT2D eigenvalue weighted by molar-refractivity contribution is 7.10. The average molecular weight is 262 g/mol. The van der Waals surface area contributed by atoms with E-state index in [2.05, 4.69) is 14.5 Å². The molecule has 0 unspecified atom stereocenters. The quantitative estimate of drug-likeness (QED) is 0.762. The highest BCUT2D eigenvalue weighted by Gasteiger charge is 2.29. The lowest BCUT2D eigenvalue weighted by molar-refractivity contribution is 0.227. The van der Waals surface area contributed by atoms with Gasteiger partial charge in [0.1, 0.15) is 10.0 Å². The van der Waals surface area contributed by atoms with Crippen molar-refractivity contribution in [2.75, 3.05) is 13.2 Å². The van der Waals surface area contributed by atoms with E-state index in [4.69, 9.17) is 16.7 Å². The van der Waals surface area contributed by atoms with Gasteiger partial charge < -0.3 is 5.11 Å². The summed E-state index contributed by atoms with van der Waals surface area (Å²) in [7, 11) is 0. The van der Waals surface area contributed by atoms with Crippen LogP contribution < -0.4 is 0 Å². The fourth-order valence-electron chi connectivity index (χ4n) is 1.74. The van der Waals surface area contributed by atoms with Crippen LogP contribution in [0.1, 0.15) is 31.4 Å². The Balaban J connectivity index is 1.85. The van der Waals surface area contributed by atoms with Crippen LogP contribution >= 0.6 is 23.1 Å². The molecular weight excluding hydrogens is 246 g/mol. The molecular formula is C10H16ClN3OS. The molecule has 1 N–H and O–H groups in total. The fraction of sp³-hybridized carbons (Fsp3) is 0.800. The number of hydrogen-bond acceptors (Lipinski definition) is 5. The van der Waals surface area contributed by atoms with Crippen molar-refractivity contribution in [1.82, 2.24) is 14.5 Å². The molecule has 2 rings (SSSR count). The van der Waals surface area contributed by atoms with Crippen molar-refractivity contribution in [3.05, 3.63) is 10.0 Å². The van der Waals surface area contributed by atoms with E-state index in [0.717, 1.165) is 31.6 Å². The monoisotopic (exact) mass is 261 g/mol. The smallest absolute Gasteiger partial charge is 0.138 e. The molecule has 6 heteroatoms. The Kier molecular flexibility index (Phi) is 4.52. The number of aliphatic hydroxyl groups is 1. The fourth-order valence-corrected chi connectivity index (χ4v) is 2.35. The van der Waals surface area contributed by atoms with Crippen LogP contribution in [0.3, 0.4) is 0 Å². The van der Waals surface area contributed by atoms with Crippen molar-refractivity contribution in [1.29, 1.82) is 0 Å². The molecule has 1 aromatic rings. The SMILES string of the molecule is OCCCCN(Cc1nnsc1Cl)C1CC1. The van der Waals surface area contributed by atoms with E-state index >= 15 is 0 Å². The summed E-state index contributed by atoms with van der Waals surface area (Å²) in [6.45, 7) is 2.09. The molecule has 1 saturated carbocycles. The number of nitrogens with zero attached hydrogens (tertiary/aromatic N) is 3. The third-order valence-corrected chi connectivity index (χ3v) is 3.76. The predicted molar refractivity (Wildman–Crippen MR) is 64.7 cm³/mol. The number of unbranched alkanes of at least 4 members (excludes halogenated alkanes) is 1. The second-order valence-corrected chi connectivity index (χ2v) is 5.48. The Bertz CT molecular complexity index is 330. The molecule has 1 aliphatic rings. The van der Waals surface area contributed by atoms with Crippen LogP contribution in [0.25, 0.3) is 0 Å². The molecule has 16 heavy (non-hydrogen) atoms. The summed E-state index contributed by atoms with van der Waals surface area (Å²) < 4.78 is 4.55. The highest BCUT2D eigenvalue weighted by atomic mass is 35.5. The normalized spacial score (nSPS) is 15.9. The summed E-state index contributed by atoms with van der Waals surface area (Å²) in [5.74, 6) is 0. The van der Waals surface area contributed by atoms with E-state index in [1.807, 2.05) is 0 Å². The van der Waals surface area contributed by atoms with Crippen molar-refractivity contribution in [3.63, 3.8) is 0 Å². The first kappa shape index (κ1) is 12.2.